The smallest absolute Gasteiger partial charge is 0.329 e. The predicted molar refractivity (Wildman–Crippen MR) is 93.4 cm³/mol. The number of para-hydroxylation sites is 1. The number of rotatable bonds is 4. The number of hydrogen-bond donors (Lipinski definition) is 2. The lowest BCUT2D eigenvalue weighted by atomic mass is 10.2. The summed E-state index contributed by atoms with van der Waals surface area (Å²) in [6, 6.07) is 8.51. The van der Waals surface area contributed by atoms with Gasteiger partial charge in [-0.3, -0.25) is 9.59 Å². The number of benzene rings is 1. The van der Waals surface area contributed by atoms with Gasteiger partial charge < -0.3 is 15.2 Å². The summed E-state index contributed by atoms with van der Waals surface area (Å²) in [5.74, 6) is -0.951. The second kappa shape index (κ2) is 6.64. The number of nitrogens with one attached hydrogen (secondary N) is 2. The van der Waals surface area contributed by atoms with Crippen LogP contribution in [0.5, 0.6) is 0 Å². The number of hydrogen-bond acceptors (Lipinski definition) is 3. The van der Waals surface area contributed by atoms with Crippen molar-refractivity contribution in [2.45, 2.75) is 6.92 Å². The molecule has 25 heavy (non-hydrogen) atoms. The zero-order valence-corrected chi connectivity index (χ0v) is 13.9. The topological polar surface area (TPSA) is 83.4 Å². The predicted octanol–water partition coefficient (Wildman–Crippen LogP) is 1.86. The number of nitrogens with zero attached hydrogens (tertiary/aromatic N) is 2. The quantitative estimate of drug-likeness (QED) is 0.659. The van der Waals surface area contributed by atoms with E-state index in [1.165, 1.54) is 0 Å². The first-order valence-corrected chi connectivity index (χ1v) is 7.76. The first-order valence-electron chi connectivity index (χ1n) is 7.76. The van der Waals surface area contributed by atoms with Crippen molar-refractivity contribution in [2.75, 3.05) is 11.9 Å². The molecule has 0 radical (unpaired) electrons. The lowest BCUT2D eigenvalue weighted by Gasteiger charge is -2.13. The molecular formula is C18H18N4O3. The average molecular weight is 338 g/mol. The lowest BCUT2D eigenvalue weighted by Crippen LogP contribution is -2.38. The zero-order valence-electron chi connectivity index (χ0n) is 13.9. The van der Waals surface area contributed by atoms with Crippen molar-refractivity contribution >= 4 is 29.6 Å². The van der Waals surface area contributed by atoms with Crippen LogP contribution in [-0.4, -0.2) is 33.9 Å². The number of anilines is 1. The van der Waals surface area contributed by atoms with Crippen molar-refractivity contribution in [3.8, 4) is 0 Å². The largest absolute Gasteiger partial charge is 0.357 e. The van der Waals surface area contributed by atoms with Gasteiger partial charge in [-0.2, -0.15) is 0 Å². The Bertz CT molecular complexity index is 882. The van der Waals surface area contributed by atoms with Gasteiger partial charge in [-0.15, -0.1) is 0 Å². The maximum absolute atomic E-state index is 12.4. The Morgan fingerprint density at radius 3 is 2.68 bits per heavy atom. The maximum Gasteiger partial charge on any atom is 0.329 e. The Balaban J connectivity index is 1.69. The number of amides is 4. The molecule has 0 spiro atoms. The molecule has 4 amide bonds. The van der Waals surface area contributed by atoms with E-state index in [1.54, 1.807) is 18.2 Å². The van der Waals surface area contributed by atoms with E-state index in [1.807, 2.05) is 49.1 Å². The first kappa shape index (κ1) is 16.5. The van der Waals surface area contributed by atoms with Gasteiger partial charge in [0.25, 0.3) is 5.91 Å². The summed E-state index contributed by atoms with van der Waals surface area (Å²) in [6.07, 6.45) is 5.24. The maximum atomic E-state index is 12.4. The number of carbonyl (C=O) groups is 3. The first-order chi connectivity index (χ1) is 11.9. The molecular weight excluding hydrogens is 320 g/mol. The van der Waals surface area contributed by atoms with Gasteiger partial charge in [0.15, 0.2) is 0 Å². The third kappa shape index (κ3) is 3.60. The van der Waals surface area contributed by atoms with E-state index in [-0.39, 0.29) is 12.2 Å². The minimum absolute atomic E-state index is 0.153. The summed E-state index contributed by atoms with van der Waals surface area (Å²) >= 11 is 0. The minimum Gasteiger partial charge on any atom is -0.357 e. The zero-order chi connectivity index (χ0) is 18.0. The van der Waals surface area contributed by atoms with Gasteiger partial charge in [0, 0.05) is 25.1 Å². The molecule has 0 atom stereocenters. The van der Waals surface area contributed by atoms with Crippen molar-refractivity contribution in [3.05, 3.63) is 59.5 Å². The molecule has 1 aromatic heterocycles. The molecule has 1 aliphatic rings. The van der Waals surface area contributed by atoms with Crippen molar-refractivity contribution < 1.29 is 14.4 Å². The van der Waals surface area contributed by atoms with Gasteiger partial charge in [0.2, 0.25) is 5.91 Å². The van der Waals surface area contributed by atoms with Gasteiger partial charge >= 0.3 is 6.03 Å². The Morgan fingerprint density at radius 2 is 2.00 bits per heavy atom. The number of aryl methyl sites for hydroxylation is 2. The van der Waals surface area contributed by atoms with Crippen LogP contribution < -0.4 is 10.6 Å². The van der Waals surface area contributed by atoms with Crippen LogP contribution in [0.4, 0.5) is 10.5 Å². The van der Waals surface area contributed by atoms with Gasteiger partial charge in [0.1, 0.15) is 12.2 Å². The van der Waals surface area contributed by atoms with Crippen LogP contribution in [0.2, 0.25) is 0 Å². The van der Waals surface area contributed by atoms with Crippen molar-refractivity contribution in [2.24, 2.45) is 7.05 Å². The van der Waals surface area contributed by atoms with E-state index in [2.05, 4.69) is 10.6 Å². The Hall–Kier alpha value is -3.35. The minimum atomic E-state index is -0.605. The van der Waals surface area contributed by atoms with Crippen LogP contribution in [0.3, 0.4) is 0 Å². The van der Waals surface area contributed by atoms with Gasteiger partial charge in [0.05, 0.1) is 0 Å². The molecule has 3 rings (SSSR count). The van der Waals surface area contributed by atoms with Crippen molar-refractivity contribution in [1.29, 1.82) is 0 Å². The molecule has 2 heterocycles. The van der Waals surface area contributed by atoms with E-state index in [0.717, 1.165) is 16.0 Å². The van der Waals surface area contributed by atoms with Gasteiger partial charge in [-0.1, -0.05) is 18.2 Å². The van der Waals surface area contributed by atoms with Crippen LogP contribution >= 0.6 is 0 Å². The second-order valence-corrected chi connectivity index (χ2v) is 5.85. The molecule has 0 bridgehead atoms. The third-order valence-corrected chi connectivity index (χ3v) is 3.85. The molecule has 7 heteroatoms. The summed E-state index contributed by atoms with van der Waals surface area (Å²) in [5, 5.41) is 5.21. The number of carbonyl (C=O) groups excluding carboxylic acids is 3. The number of urea groups is 1. The van der Waals surface area contributed by atoms with Crippen LogP contribution in [0.25, 0.3) is 6.08 Å². The highest BCUT2D eigenvalue weighted by Crippen LogP contribution is 2.16. The molecule has 1 fully saturated rings. The lowest BCUT2D eigenvalue weighted by molar-refractivity contribution is -0.127. The molecule has 0 unspecified atom stereocenters. The highest BCUT2D eigenvalue weighted by Gasteiger charge is 2.34. The molecule has 0 saturated carbocycles. The average Bonchev–Trinajstić information content (AvgIpc) is 3.08. The van der Waals surface area contributed by atoms with Crippen LogP contribution in [0, 0.1) is 6.92 Å². The molecule has 7 nitrogen and oxygen atoms in total. The third-order valence-electron chi connectivity index (χ3n) is 3.85. The fourth-order valence-corrected chi connectivity index (χ4v) is 2.54. The van der Waals surface area contributed by atoms with E-state index >= 15 is 0 Å². The Kier molecular flexibility index (Phi) is 4.38. The van der Waals surface area contributed by atoms with Crippen LogP contribution in [0.15, 0.2) is 48.4 Å². The van der Waals surface area contributed by atoms with Crippen molar-refractivity contribution in [3.63, 3.8) is 0 Å². The van der Waals surface area contributed by atoms with E-state index in [4.69, 9.17) is 0 Å². The Labute approximate surface area is 144 Å². The molecule has 2 aromatic rings. The summed E-state index contributed by atoms with van der Waals surface area (Å²) < 4.78 is 1.83. The molecule has 0 aliphatic carbocycles. The highest BCUT2D eigenvalue weighted by atomic mass is 16.2. The second-order valence-electron chi connectivity index (χ2n) is 5.85. The summed E-state index contributed by atoms with van der Waals surface area (Å²) in [6.45, 7) is 1.52. The van der Waals surface area contributed by atoms with Gasteiger partial charge in [-0.25, -0.2) is 9.69 Å². The molecule has 1 saturated heterocycles. The normalized spacial score (nSPS) is 15.6. The molecule has 1 aliphatic heterocycles. The fraction of sp³-hybridized carbons (Fsp3) is 0.167. The summed E-state index contributed by atoms with van der Waals surface area (Å²) in [4.78, 5) is 37.4. The summed E-state index contributed by atoms with van der Waals surface area (Å²) in [7, 11) is 1.86. The molecule has 2 N–H and O–H groups in total. The van der Waals surface area contributed by atoms with Crippen LogP contribution in [0.1, 0.15) is 11.1 Å². The highest BCUT2D eigenvalue weighted by molar-refractivity contribution is 6.15. The van der Waals surface area contributed by atoms with Crippen molar-refractivity contribution in [1.82, 2.24) is 14.8 Å². The SMILES string of the molecule is Cc1ccccc1NC(=O)CN1C(=O)N/C(=C/c2ccn(C)c2)C1=O. The Morgan fingerprint density at radius 1 is 1.24 bits per heavy atom. The molecule has 1 aromatic carbocycles. The van der Waals surface area contributed by atoms with Crippen LogP contribution in [-0.2, 0) is 16.6 Å². The van der Waals surface area contributed by atoms with E-state index < -0.39 is 17.8 Å². The number of aromatic nitrogens is 1. The van der Waals surface area contributed by atoms with Gasteiger partial charge in [-0.05, 0) is 36.3 Å². The standard InChI is InChI=1S/C18H18N4O3/c1-12-5-3-4-6-14(12)19-16(23)11-22-17(24)15(20-18(22)25)9-13-7-8-21(2)10-13/h3-10H,11H2,1-2H3,(H,19,23)(H,20,25)/b15-9+. The molecule has 128 valence electrons. The fourth-order valence-electron chi connectivity index (χ4n) is 2.54. The summed E-state index contributed by atoms with van der Waals surface area (Å²) in [5.41, 5.74) is 2.49. The van der Waals surface area contributed by atoms with E-state index in [0.29, 0.717) is 5.69 Å². The van der Waals surface area contributed by atoms with E-state index in [9.17, 15) is 14.4 Å². The number of imide groups is 1. The monoisotopic (exact) mass is 338 g/mol.